The molecule has 0 bridgehead atoms. The molecule has 130 valence electrons. The quantitative estimate of drug-likeness (QED) is 0.903. The van der Waals surface area contributed by atoms with E-state index in [4.69, 9.17) is 9.84 Å². The predicted octanol–water partition coefficient (Wildman–Crippen LogP) is 2.11. The van der Waals surface area contributed by atoms with E-state index in [-0.39, 0.29) is 12.5 Å². The molecule has 6 heteroatoms. The second-order valence-corrected chi connectivity index (χ2v) is 5.82. The molecule has 0 unspecified atom stereocenters. The van der Waals surface area contributed by atoms with E-state index in [0.29, 0.717) is 18.8 Å². The van der Waals surface area contributed by atoms with Crippen molar-refractivity contribution in [1.29, 1.82) is 0 Å². The first-order valence-electron chi connectivity index (χ1n) is 8.17. The highest BCUT2D eigenvalue weighted by Crippen LogP contribution is 2.21. The summed E-state index contributed by atoms with van der Waals surface area (Å²) in [5, 5.41) is 8.62. The highest BCUT2D eigenvalue weighted by molar-refractivity contribution is 5.94. The zero-order valence-corrected chi connectivity index (χ0v) is 13.8. The Bertz CT molecular complexity index is 723. The van der Waals surface area contributed by atoms with Crippen LogP contribution in [0, 0.1) is 0 Å². The van der Waals surface area contributed by atoms with Gasteiger partial charge in [-0.1, -0.05) is 18.2 Å². The van der Waals surface area contributed by atoms with Crippen molar-refractivity contribution < 1.29 is 19.4 Å². The van der Waals surface area contributed by atoms with Gasteiger partial charge in [-0.05, 0) is 36.4 Å². The van der Waals surface area contributed by atoms with Gasteiger partial charge in [-0.25, -0.2) is 4.79 Å². The number of aliphatic carboxylic acids is 1. The van der Waals surface area contributed by atoms with Crippen molar-refractivity contribution in [2.75, 3.05) is 37.7 Å². The maximum atomic E-state index is 12.5. The van der Waals surface area contributed by atoms with E-state index < -0.39 is 5.97 Å². The summed E-state index contributed by atoms with van der Waals surface area (Å²) in [6, 6.07) is 16.7. The predicted molar refractivity (Wildman–Crippen MR) is 94.1 cm³/mol. The lowest BCUT2D eigenvalue weighted by Gasteiger charge is -2.36. The van der Waals surface area contributed by atoms with Crippen molar-refractivity contribution >= 4 is 17.6 Å². The number of piperazine rings is 1. The number of carboxylic acid groups (broad SMARTS) is 1. The van der Waals surface area contributed by atoms with Gasteiger partial charge in [0, 0.05) is 37.4 Å². The van der Waals surface area contributed by atoms with E-state index in [1.54, 1.807) is 12.1 Å². The van der Waals surface area contributed by atoms with Crippen LogP contribution in [0.3, 0.4) is 0 Å². The first kappa shape index (κ1) is 16.8. The van der Waals surface area contributed by atoms with Gasteiger partial charge in [0.05, 0.1) is 0 Å². The van der Waals surface area contributed by atoms with Crippen LogP contribution in [0.2, 0.25) is 0 Å². The number of carboxylic acids is 1. The molecule has 2 aromatic carbocycles. The van der Waals surface area contributed by atoms with Crippen molar-refractivity contribution in [1.82, 2.24) is 4.90 Å². The second kappa shape index (κ2) is 7.70. The van der Waals surface area contributed by atoms with Crippen molar-refractivity contribution in [3.63, 3.8) is 0 Å². The van der Waals surface area contributed by atoms with Crippen molar-refractivity contribution in [2.45, 2.75) is 0 Å². The molecule has 0 radical (unpaired) electrons. The molecule has 1 aliphatic rings. The standard InChI is InChI=1S/C19H20N2O4/c22-18(23)14-25-17-8-6-16(7-9-17)20-10-12-21(13-11-20)19(24)15-4-2-1-3-5-15/h1-9H,10-14H2,(H,22,23). The molecule has 25 heavy (non-hydrogen) atoms. The van der Waals surface area contributed by atoms with E-state index in [9.17, 15) is 9.59 Å². The molecule has 1 heterocycles. The highest BCUT2D eigenvalue weighted by Gasteiger charge is 2.22. The summed E-state index contributed by atoms with van der Waals surface area (Å²) >= 11 is 0. The van der Waals surface area contributed by atoms with Crippen LogP contribution in [0.4, 0.5) is 5.69 Å². The summed E-state index contributed by atoms with van der Waals surface area (Å²) in [6.45, 7) is 2.51. The van der Waals surface area contributed by atoms with Gasteiger partial charge in [-0.2, -0.15) is 0 Å². The lowest BCUT2D eigenvalue weighted by atomic mass is 10.1. The normalized spacial score (nSPS) is 14.2. The lowest BCUT2D eigenvalue weighted by Crippen LogP contribution is -2.48. The van der Waals surface area contributed by atoms with Crippen LogP contribution in [0.1, 0.15) is 10.4 Å². The summed E-state index contributed by atoms with van der Waals surface area (Å²) in [6.07, 6.45) is 0. The van der Waals surface area contributed by atoms with Crippen LogP contribution >= 0.6 is 0 Å². The fourth-order valence-electron chi connectivity index (χ4n) is 2.83. The summed E-state index contributed by atoms with van der Waals surface area (Å²) < 4.78 is 5.14. The number of anilines is 1. The monoisotopic (exact) mass is 340 g/mol. The van der Waals surface area contributed by atoms with Gasteiger partial charge in [0.25, 0.3) is 5.91 Å². The van der Waals surface area contributed by atoms with E-state index >= 15 is 0 Å². The number of ether oxygens (including phenoxy) is 1. The molecular weight excluding hydrogens is 320 g/mol. The van der Waals surface area contributed by atoms with Gasteiger partial charge in [-0.15, -0.1) is 0 Å². The van der Waals surface area contributed by atoms with Crippen LogP contribution in [-0.4, -0.2) is 54.7 Å². The van der Waals surface area contributed by atoms with Crippen molar-refractivity contribution in [3.8, 4) is 5.75 Å². The van der Waals surface area contributed by atoms with Gasteiger partial charge in [0.2, 0.25) is 0 Å². The van der Waals surface area contributed by atoms with Crippen LogP contribution in [0.5, 0.6) is 5.75 Å². The Kier molecular flexibility index (Phi) is 5.18. The minimum Gasteiger partial charge on any atom is -0.482 e. The van der Waals surface area contributed by atoms with Gasteiger partial charge in [0.15, 0.2) is 6.61 Å². The first-order valence-corrected chi connectivity index (χ1v) is 8.17. The molecule has 0 saturated carbocycles. The molecular formula is C19H20N2O4. The Morgan fingerprint density at radius 1 is 0.920 bits per heavy atom. The minimum atomic E-state index is -0.997. The molecule has 6 nitrogen and oxygen atoms in total. The maximum Gasteiger partial charge on any atom is 0.341 e. The minimum absolute atomic E-state index is 0.0673. The third-order valence-corrected chi connectivity index (χ3v) is 4.15. The Balaban J connectivity index is 1.55. The van der Waals surface area contributed by atoms with Crippen molar-refractivity contribution in [2.24, 2.45) is 0 Å². The Morgan fingerprint density at radius 3 is 2.16 bits per heavy atom. The lowest BCUT2D eigenvalue weighted by molar-refractivity contribution is -0.139. The number of nitrogens with zero attached hydrogens (tertiary/aromatic N) is 2. The molecule has 0 spiro atoms. The molecule has 2 aromatic rings. The molecule has 0 aliphatic carbocycles. The van der Waals surface area contributed by atoms with Gasteiger partial charge >= 0.3 is 5.97 Å². The zero-order chi connectivity index (χ0) is 17.6. The van der Waals surface area contributed by atoms with E-state index in [2.05, 4.69) is 4.90 Å². The van der Waals surface area contributed by atoms with E-state index in [1.807, 2.05) is 47.4 Å². The second-order valence-electron chi connectivity index (χ2n) is 5.82. The van der Waals surface area contributed by atoms with E-state index in [1.165, 1.54) is 0 Å². The maximum absolute atomic E-state index is 12.5. The SMILES string of the molecule is O=C(O)COc1ccc(N2CCN(C(=O)c3ccccc3)CC2)cc1. The van der Waals surface area contributed by atoms with Gasteiger partial charge < -0.3 is 19.6 Å². The molecule has 3 rings (SSSR count). The summed E-state index contributed by atoms with van der Waals surface area (Å²) in [5.41, 5.74) is 1.75. The summed E-state index contributed by atoms with van der Waals surface area (Å²) in [7, 11) is 0. The first-order chi connectivity index (χ1) is 12.1. The number of benzene rings is 2. The average molecular weight is 340 g/mol. The van der Waals surface area contributed by atoms with Crippen LogP contribution in [0.25, 0.3) is 0 Å². The van der Waals surface area contributed by atoms with Crippen LogP contribution in [-0.2, 0) is 4.79 Å². The Labute approximate surface area is 146 Å². The van der Waals surface area contributed by atoms with Crippen LogP contribution < -0.4 is 9.64 Å². The number of carbonyl (C=O) groups excluding carboxylic acids is 1. The van der Waals surface area contributed by atoms with Gasteiger partial charge in [0.1, 0.15) is 5.75 Å². The molecule has 1 saturated heterocycles. The fraction of sp³-hybridized carbons (Fsp3) is 0.263. The number of rotatable bonds is 5. The number of hydrogen-bond acceptors (Lipinski definition) is 4. The topological polar surface area (TPSA) is 70.1 Å². The molecule has 0 atom stereocenters. The number of carbonyl (C=O) groups is 2. The summed E-state index contributed by atoms with van der Waals surface area (Å²) in [5.74, 6) is -0.398. The number of hydrogen-bond donors (Lipinski definition) is 1. The number of amides is 1. The van der Waals surface area contributed by atoms with Gasteiger partial charge in [-0.3, -0.25) is 4.79 Å². The molecule has 0 aromatic heterocycles. The largest absolute Gasteiger partial charge is 0.482 e. The molecule has 1 amide bonds. The fourth-order valence-corrected chi connectivity index (χ4v) is 2.83. The third kappa shape index (κ3) is 4.29. The highest BCUT2D eigenvalue weighted by atomic mass is 16.5. The molecule has 1 fully saturated rings. The smallest absolute Gasteiger partial charge is 0.341 e. The Morgan fingerprint density at radius 2 is 1.56 bits per heavy atom. The van der Waals surface area contributed by atoms with Crippen LogP contribution in [0.15, 0.2) is 54.6 Å². The average Bonchev–Trinajstić information content (AvgIpc) is 2.67. The Hall–Kier alpha value is -3.02. The zero-order valence-electron chi connectivity index (χ0n) is 13.8. The third-order valence-electron chi connectivity index (χ3n) is 4.15. The van der Waals surface area contributed by atoms with E-state index in [0.717, 1.165) is 24.3 Å². The molecule has 1 aliphatic heterocycles. The van der Waals surface area contributed by atoms with Crippen molar-refractivity contribution in [3.05, 3.63) is 60.2 Å². The molecule has 1 N–H and O–H groups in total. The summed E-state index contributed by atoms with van der Waals surface area (Å²) in [4.78, 5) is 27.0.